The van der Waals surface area contributed by atoms with Gasteiger partial charge < -0.3 is 9.80 Å². The zero-order valence-electron chi connectivity index (χ0n) is 31.0. The van der Waals surface area contributed by atoms with Crippen LogP contribution in [0.1, 0.15) is 176 Å². The molecule has 254 valence electrons. The molecule has 0 radical (unpaired) electrons. The minimum atomic E-state index is 0.633. The number of pyridine rings is 1. The molecule has 0 bridgehead atoms. The molecule has 0 fully saturated rings. The van der Waals surface area contributed by atoms with E-state index in [9.17, 15) is 5.26 Å². The molecule has 0 aliphatic rings. The number of aromatic nitrogens is 1. The molecule has 1 heterocycles. The van der Waals surface area contributed by atoms with Gasteiger partial charge in [-0.3, -0.25) is 0 Å². The molecule has 0 amide bonds. The van der Waals surface area contributed by atoms with Crippen LogP contribution in [-0.2, 0) is 6.42 Å². The quantitative estimate of drug-likeness (QED) is 0.0993. The third kappa shape index (κ3) is 14.1. The Kier molecular flexibility index (Phi) is 22.4. The van der Waals surface area contributed by atoms with Crippen LogP contribution in [0.4, 0.5) is 11.6 Å². The monoisotopic (exact) mass is 611 g/mol. The van der Waals surface area contributed by atoms with Gasteiger partial charge in [0, 0.05) is 26.2 Å². The van der Waals surface area contributed by atoms with Crippen molar-refractivity contribution >= 4 is 11.6 Å². The van der Waals surface area contributed by atoms with Gasteiger partial charge in [-0.2, -0.15) is 5.26 Å². The highest BCUT2D eigenvalue weighted by Gasteiger charge is 2.26. The first kappa shape index (κ1) is 40.3. The number of anilines is 2. The smallest absolute Gasteiger partial charge is 0.149 e. The van der Waals surface area contributed by atoms with Crippen molar-refractivity contribution in [1.82, 2.24) is 4.98 Å². The first-order chi connectivity index (χ1) is 21.4. The van der Waals surface area contributed by atoms with E-state index >= 15 is 0 Å². The predicted octanol–water partition coefficient (Wildman–Crippen LogP) is 12.0. The van der Waals surface area contributed by atoms with Crippen LogP contribution in [0.3, 0.4) is 0 Å². The van der Waals surface area contributed by atoms with Gasteiger partial charge in [0.2, 0.25) is 0 Å². The van der Waals surface area contributed by atoms with E-state index in [4.69, 9.17) is 4.98 Å². The number of unbranched alkanes of at least 4 members (excludes halogenated alkanes) is 4. The van der Waals surface area contributed by atoms with Crippen LogP contribution in [0.2, 0.25) is 0 Å². The maximum atomic E-state index is 10.6. The van der Waals surface area contributed by atoms with Crippen LogP contribution in [0, 0.1) is 35.0 Å². The molecule has 44 heavy (non-hydrogen) atoms. The number of hydrogen-bond acceptors (Lipinski definition) is 4. The molecule has 4 nitrogen and oxygen atoms in total. The van der Waals surface area contributed by atoms with E-state index in [0.717, 1.165) is 49.8 Å². The highest BCUT2D eigenvalue weighted by atomic mass is 15.3. The highest BCUT2D eigenvalue weighted by Crippen LogP contribution is 2.32. The average Bonchev–Trinajstić information content (AvgIpc) is 3.06. The van der Waals surface area contributed by atoms with Crippen LogP contribution in [0.25, 0.3) is 0 Å². The summed E-state index contributed by atoms with van der Waals surface area (Å²) in [6, 6.07) is 4.96. The van der Waals surface area contributed by atoms with Crippen molar-refractivity contribution in [3.63, 3.8) is 0 Å². The molecule has 0 N–H and O–H groups in total. The van der Waals surface area contributed by atoms with Gasteiger partial charge in [0.1, 0.15) is 17.7 Å². The molecule has 1 rings (SSSR count). The van der Waals surface area contributed by atoms with Crippen LogP contribution >= 0.6 is 0 Å². The van der Waals surface area contributed by atoms with Crippen molar-refractivity contribution in [3.05, 3.63) is 17.2 Å². The lowest BCUT2D eigenvalue weighted by Gasteiger charge is -2.35. The van der Waals surface area contributed by atoms with E-state index in [1.165, 1.54) is 108 Å². The number of aryl methyl sites for hydroxylation is 1. The van der Waals surface area contributed by atoms with Gasteiger partial charge in [-0.15, -0.1) is 0 Å². The number of nitrogens with zero attached hydrogens (tertiary/aromatic N) is 4. The molecule has 1 aromatic heterocycles. The number of rotatable bonds is 27. The van der Waals surface area contributed by atoms with Crippen molar-refractivity contribution in [2.75, 3.05) is 36.0 Å². The molecule has 4 atom stereocenters. The lowest BCUT2D eigenvalue weighted by molar-refractivity contribution is 0.398. The van der Waals surface area contributed by atoms with Gasteiger partial charge in [0.25, 0.3) is 0 Å². The first-order valence-corrected chi connectivity index (χ1v) is 19.3. The fourth-order valence-corrected chi connectivity index (χ4v) is 6.78. The summed E-state index contributed by atoms with van der Waals surface area (Å²) in [5.74, 6) is 4.71. The van der Waals surface area contributed by atoms with E-state index in [1.807, 2.05) is 0 Å². The Hall–Kier alpha value is -1.76. The molecule has 0 aromatic carbocycles. The molecule has 4 unspecified atom stereocenters. The second-order valence-corrected chi connectivity index (χ2v) is 13.8. The molecular weight excluding hydrogens is 536 g/mol. The van der Waals surface area contributed by atoms with Crippen LogP contribution < -0.4 is 9.80 Å². The Morgan fingerprint density at radius 3 is 1.25 bits per heavy atom. The first-order valence-electron chi connectivity index (χ1n) is 19.3. The van der Waals surface area contributed by atoms with Gasteiger partial charge >= 0.3 is 0 Å². The Bertz CT molecular complexity index is 854. The average molecular weight is 611 g/mol. The Morgan fingerprint density at radius 1 is 0.591 bits per heavy atom. The standard InChI is InChI=1S/C40H74N4/c1-10-19-23-33(14-5)29-43(30-34(15-6)24-20-11-2)39-27-37(18-9)38(28-41)40(42-39)44(31-35(16-7)25-21-12-3)32-36(17-8)26-22-13-4/h27,33-36H,10-26,29-32H2,1-9H3. The number of nitriles is 1. The third-order valence-corrected chi connectivity index (χ3v) is 10.3. The molecule has 4 heteroatoms. The SMILES string of the molecule is CCCCC(CC)CN(CC(CC)CCCC)c1cc(CC)c(C#N)c(N(CC(CC)CCCC)CC(CC)CCCC)n1. The van der Waals surface area contributed by atoms with Crippen molar-refractivity contribution in [2.45, 2.75) is 171 Å². The van der Waals surface area contributed by atoms with E-state index in [1.54, 1.807) is 0 Å². The maximum Gasteiger partial charge on any atom is 0.149 e. The third-order valence-electron chi connectivity index (χ3n) is 10.3. The minimum absolute atomic E-state index is 0.633. The normalized spacial score (nSPS) is 14.2. The summed E-state index contributed by atoms with van der Waals surface area (Å²) in [4.78, 5) is 10.8. The van der Waals surface area contributed by atoms with Crippen LogP contribution in [0.5, 0.6) is 0 Å². The van der Waals surface area contributed by atoms with E-state index in [0.29, 0.717) is 23.7 Å². The molecule has 0 aliphatic carbocycles. The van der Waals surface area contributed by atoms with Gasteiger partial charge in [-0.1, -0.05) is 139 Å². The molecule has 0 saturated heterocycles. The lowest BCUT2D eigenvalue weighted by atomic mass is 9.94. The predicted molar refractivity (Wildman–Crippen MR) is 196 cm³/mol. The van der Waals surface area contributed by atoms with Crippen molar-refractivity contribution < 1.29 is 0 Å². The zero-order valence-corrected chi connectivity index (χ0v) is 31.0. The van der Waals surface area contributed by atoms with E-state index in [2.05, 4.69) is 84.2 Å². The summed E-state index contributed by atoms with van der Waals surface area (Å²) in [5, 5.41) is 10.6. The highest BCUT2D eigenvalue weighted by molar-refractivity contribution is 5.63. The molecule has 1 aromatic rings. The minimum Gasteiger partial charge on any atom is -0.356 e. The molecule has 0 spiro atoms. The van der Waals surface area contributed by atoms with Crippen LogP contribution in [0.15, 0.2) is 6.07 Å². The van der Waals surface area contributed by atoms with Gasteiger partial charge in [0.15, 0.2) is 0 Å². The van der Waals surface area contributed by atoms with E-state index in [-0.39, 0.29) is 0 Å². The molecule has 0 aliphatic heterocycles. The maximum absolute atomic E-state index is 10.6. The van der Waals surface area contributed by atoms with Crippen molar-refractivity contribution in [2.24, 2.45) is 23.7 Å². The molecular formula is C40H74N4. The summed E-state index contributed by atoms with van der Waals surface area (Å²) in [5.41, 5.74) is 2.00. The summed E-state index contributed by atoms with van der Waals surface area (Å²) >= 11 is 0. The van der Waals surface area contributed by atoms with E-state index < -0.39 is 0 Å². The van der Waals surface area contributed by atoms with Gasteiger partial charge in [-0.25, -0.2) is 4.98 Å². The van der Waals surface area contributed by atoms with Gasteiger partial charge in [0.05, 0.1) is 5.56 Å². The Balaban J connectivity index is 3.76. The largest absolute Gasteiger partial charge is 0.356 e. The van der Waals surface area contributed by atoms with Gasteiger partial charge in [-0.05, 0) is 67.4 Å². The second kappa shape index (κ2) is 24.5. The fraction of sp³-hybridized carbons (Fsp3) is 0.850. The summed E-state index contributed by atoms with van der Waals surface area (Å²) < 4.78 is 0. The zero-order chi connectivity index (χ0) is 32.7. The summed E-state index contributed by atoms with van der Waals surface area (Å²) in [6.07, 6.45) is 20.9. The lowest BCUT2D eigenvalue weighted by Crippen LogP contribution is -2.37. The second-order valence-electron chi connectivity index (χ2n) is 13.8. The Labute approximate surface area is 275 Å². The molecule has 0 saturated carbocycles. The number of hydrogen-bond donors (Lipinski definition) is 0. The summed E-state index contributed by atoms with van der Waals surface area (Å²) in [6.45, 7) is 25.0. The fourth-order valence-electron chi connectivity index (χ4n) is 6.78. The van der Waals surface area contributed by atoms with Crippen molar-refractivity contribution in [3.8, 4) is 6.07 Å². The summed E-state index contributed by atoms with van der Waals surface area (Å²) in [7, 11) is 0. The topological polar surface area (TPSA) is 43.2 Å². The van der Waals surface area contributed by atoms with Crippen molar-refractivity contribution in [1.29, 1.82) is 5.26 Å². The Morgan fingerprint density at radius 2 is 0.955 bits per heavy atom. The van der Waals surface area contributed by atoms with Crippen LogP contribution in [-0.4, -0.2) is 31.2 Å².